The van der Waals surface area contributed by atoms with E-state index in [0.29, 0.717) is 19.5 Å². The van der Waals surface area contributed by atoms with Crippen LogP contribution in [0.4, 0.5) is 0 Å². The lowest BCUT2D eigenvalue weighted by Gasteiger charge is -2.32. The minimum absolute atomic E-state index is 0.0393. The summed E-state index contributed by atoms with van der Waals surface area (Å²) in [6.07, 6.45) is 3.26. The van der Waals surface area contributed by atoms with E-state index in [4.69, 9.17) is 0 Å². The predicted octanol–water partition coefficient (Wildman–Crippen LogP) is 1.56. The van der Waals surface area contributed by atoms with E-state index in [2.05, 4.69) is 36.5 Å². The van der Waals surface area contributed by atoms with Gasteiger partial charge in [0.25, 0.3) is 10.2 Å². The number of nitrogens with zero attached hydrogens (tertiary/aromatic N) is 2. The minimum Gasteiger partial charge on any atom is -0.356 e. The van der Waals surface area contributed by atoms with Crippen molar-refractivity contribution in [3.8, 4) is 0 Å². The molecule has 1 N–H and O–H groups in total. The van der Waals surface area contributed by atoms with Crippen LogP contribution < -0.4 is 5.32 Å². The largest absolute Gasteiger partial charge is 0.356 e. The molecule has 25 heavy (non-hydrogen) atoms. The molecule has 1 saturated heterocycles. The fourth-order valence-electron chi connectivity index (χ4n) is 3.00. The summed E-state index contributed by atoms with van der Waals surface area (Å²) in [4.78, 5) is 12.4. The number of rotatable bonds is 7. The van der Waals surface area contributed by atoms with Gasteiger partial charge >= 0.3 is 0 Å². The molecule has 1 atom stereocenters. The summed E-state index contributed by atoms with van der Waals surface area (Å²) >= 11 is 0. The van der Waals surface area contributed by atoms with Crippen LogP contribution in [0.15, 0.2) is 24.3 Å². The zero-order valence-electron chi connectivity index (χ0n) is 15.4. The number of piperidine rings is 1. The lowest BCUT2D eigenvalue weighted by molar-refractivity contribution is -0.126. The summed E-state index contributed by atoms with van der Waals surface area (Å²) in [5.74, 6) is -0.301. The van der Waals surface area contributed by atoms with Gasteiger partial charge in [-0.1, -0.05) is 29.8 Å². The van der Waals surface area contributed by atoms with Crippen molar-refractivity contribution in [2.24, 2.45) is 5.92 Å². The first-order valence-electron chi connectivity index (χ1n) is 8.81. The Morgan fingerprint density at radius 3 is 2.60 bits per heavy atom. The summed E-state index contributed by atoms with van der Waals surface area (Å²) in [6, 6.07) is 8.41. The van der Waals surface area contributed by atoms with Crippen molar-refractivity contribution >= 4 is 16.1 Å². The van der Waals surface area contributed by atoms with E-state index < -0.39 is 10.2 Å². The molecule has 1 amide bonds. The second kappa shape index (κ2) is 8.78. The number of aryl methyl sites for hydroxylation is 2. The average Bonchev–Trinajstić information content (AvgIpc) is 2.60. The molecule has 6 nitrogen and oxygen atoms in total. The van der Waals surface area contributed by atoms with Crippen molar-refractivity contribution in [2.75, 3.05) is 33.7 Å². The summed E-state index contributed by atoms with van der Waals surface area (Å²) in [5.41, 5.74) is 2.51. The minimum atomic E-state index is -3.44. The van der Waals surface area contributed by atoms with Gasteiger partial charge in [-0.15, -0.1) is 0 Å². The third-order valence-electron chi connectivity index (χ3n) is 4.60. The van der Waals surface area contributed by atoms with E-state index in [1.165, 1.54) is 33.8 Å². The Balaban J connectivity index is 1.77. The molecule has 2 rings (SSSR count). The smallest absolute Gasteiger partial charge is 0.281 e. The summed E-state index contributed by atoms with van der Waals surface area (Å²) < 4.78 is 27.0. The average molecular weight is 368 g/mol. The van der Waals surface area contributed by atoms with Gasteiger partial charge in [-0.25, -0.2) is 0 Å². The Morgan fingerprint density at radius 1 is 1.28 bits per heavy atom. The van der Waals surface area contributed by atoms with Gasteiger partial charge in [-0.05, 0) is 38.2 Å². The van der Waals surface area contributed by atoms with E-state index in [1.807, 2.05) is 0 Å². The van der Waals surface area contributed by atoms with Crippen LogP contribution in [0.5, 0.6) is 0 Å². The molecule has 1 aromatic rings. The van der Waals surface area contributed by atoms with Gasteiger partial charge in [0.05, 0.1) is 5.92 Å². The highest BCUT2D eigenvalue weighted by molar-refractivity contribution is 7.86. The normalized spacial score (nSPS) is 19.1. The van der Waals surface area contributed by atoms with Crippen molar-refractivity contribution in [1.29, 1.82) is 0 Å². The predicted molar refractivity (Wildman–Crippen MR) is 99.4 cm³/mol. The van der Waals surface area contributed by atoms with Crippen LogP contribution in [0, 0.1) is 12.8 Å². The fraction of sp³-hybridized carbons (Fsp3) is 0.611. The van der Waals surface area contributed by atoms with Crippen LogP contribution in [0.2, 0.25) is 0 Å². The molecule has 140 valence electrons. The van der Waals surface area contributed by atoms with E-state index in [1.54, 1.807) is 0 Å². The Kier molecular flexibility index (Phi) is 6.98. The molecular formula is C18H29N3O3S. The maximum atomic E-state index is 12.4. The molecule has 0 unspecified atom stereocenters. The lowest BCUT2D eigenvalue weighted by atomic mass is 9.99. The van der Waals surface area contributed by atoms with Crippen LogP contribution in [0.1, 0.15) is 30.4 Å². The Labute approximate surface area is 151 Å². The number of carbonyl (C=O) groups excluding carboxylic acids is 1. The topological polar surface area (TPSA) is 69.7 Å². The third-order valence-corrected chi connectivity index (χ3v) is 6.51. The van der Waals surface area contributed by atoms with Crippen molar-refractivity contribution in [3.63, 3.8) is 0 Å². The molecule has 7 heteroatoms. The Bertz CT molecular complexity index is 671. The van der Waals surface area contributed by atoms with E-state index in [0.717, 1.165) is 19.3 Å². The highest BCUT2D eigenvalue weighted by Crippen LogP contribution is 2.20. The monoisotopic (exact) mass is 367 g/mol. The number of carbonyl (C=O) groups is 1. The zero-order chi connectivity index (χ0) is 18.4. The molecule has 1 heterocycles. The van der Waals surface area contributed by atoms with Gasteiger partial charge in [0, 0.05) is 33.7 Å². The molecule has 1 aliphatic rings. The summed E-state index contributed by atoms with van der Waals surface area (Å²) in [6.45, 7) is 3.43. The molecule has 0 spiro atoms. The van der Waals surface area contributed by atoms with E-state index >= 15 is 0 Å². The van der Waals surface area contributed by atoms with Gasteiger partial charge in [0.15, 0.2) is 0 Å². The van der Waals surface area contributed by atoms with Crippen molar-refractivity contribution in [1.82, 2.24) is 13.9 Å². The van der Waals surface area contributed by atoms with Crippen LogP contribution in [0.25, 0.3) is 0 Å². The van der Waals surface area contributed by atoms with Gasteiger partial charge < -0.3 is 5.32 Å². The van der Waals surface area contributed by atoms with Crippen LogP contribution in [0.3, 0.4) is 0 Å². The van der Waals surface area contributed by atoms with Crippen LogP contribution >= 0.6 is 0 Å². The summed E-state index contributed by atoms with van der Waals surface area (Å²) in [5, 5.41) is 2.96. The second-order valence-electron chi connectivity index (χ2n) is 6.87. The van der Waals surface area contributed by atoms with Gasteiger partial charge in [-0.3, -0.25) is 4.79 Å². The van der Waals surface area contributed by atoms with Crippen molar-refractivity contribution in [2.45, 2.75) is 32.6 Å². The zero-order valence-corrected chi connectivity index (χ0v) is 16.2. The number of hydrogen-bond acceptors (Lipinski definition) is 3. The highest BCUT2D eigenvalue weighted by Gasteiger charge is 2.33. The molecule has 0 saturated carbocycles. The van der Waals surface area contributed by atoms with Crippen molar-refractivity contribution < 1.29 is 13.2 Å². The van der Waals surface area contributed by atoms with E-state index in [9.17, 15) is 13.2 Å². The first-order valence-corrected chi connectivity index (χ1v) is 10.2. The molecule has 0 bridgehead atoms. The van der Waals surface area contributed by atoms with Gasteiger partial charge in [0.2, 0.25) is 5.91 Å². The van der Waals surface area contributed by atoms with Crippen molar-refractivity contribution in [3.05, 3.63) is 35.4 Å². The molecule has 1 fully saturated rings. The second-order valence-corrected chi connectivity index (χ2v) is 9.01. The Morgan fingerprint density at radius 2 is 1.96 bits per heavy atom. The maximum absolute atomic E-state index is 12.4. The molecule has 0 aromatic heterocycles. The SMILES string of the molecule is Cc1ccc(CCCNC(=O)[C@@H]2CCCN(S(=O)(=O)N(C)C)C2)cc1. The number of nitrogens with one attached hydrogen (secondary N) is 1. The quantitative estimate of drug-likeness (QED) is 0.744. The van der Waals surface area contributed by atoms with Crippen LogP contribution in [-0.4, -0.2) is 56.7 Å². The first-order chi connectivity index (χ1) is 11.8. The highest BCUT2D eigenvalue weighted by atomic mass is 32.2. The van der Waals surface area contributed by atoms with Crippen LogP contribution in [-0.2, 0) is 21.4 Å². The van der Waals surface area contributed by atoms with E-state index in [-0.39, 0.29) is 18.4 Å². The third kappa shape index (κ3) is 5.52. The number of amides is 1. The fourth-order valence-corrected chi connectivity index (χ4v) is 4.19. The maximum Gasteiger partial charge on any atom is 0.281 e. The molecular weight excluding hydrogens is 338 g/mol. The van der Waals surface area contributed by atoms with Gasteiger partial charge in [-0.2, -0.15) is 17.0 Å². The Hall–Kier alpha value is -1.44. The molecule has 0 aliphatic carbocycles. The molecule has 1 aliphatic heterocycles. The number of benzene rings is 1. The van der Waals surface area contributed by atoms with Gasteiger partial charge in [0.1, 0.15) is 0 Å². The molecule has 1 aromatic carbocycles. The first kappa shape index (κ1) is 19.9. The summed E-state index contributed by atoms with van der Waals surface area (Å²) in [7, 11) is -0.409. The molecule has 0 radical (unpaired) electrons. The lowest BCUT2D eigenvalue weighted by Crippen LogP contribution is -2.48. The standard InChI is InChI=1S/C18H29N3O3S/c1-15-8-10-16(11-9-15)6-4-12-19-18(22)17-7-5-13-21(14-17)25(23,24)20(2)3/h8-11,17H,4-7,12-14H2,1-3H3,(H,19,22)/t17-/m1/s1. The number of hydrogen-bond donors (Lipinski definition) is 1.